The standard InChI is InChI=1S/C50H89N3O4/c1-5-7-9-11-13-15-17-19-21-23-25-27-29-31-33-37-41-57-50(56)47(42-51-48(54)38-35-36-40-53-43-45(3)46(4)44-53)52-49(55)39-34-32-30-28-26-24-22-20-18-16-14-12-10-8-6-2/h13-16,19-22,45-47H,5-12,17-18,23-44H2,1-4H3,(H,51,54)(H,52,55)/b15-13-,16-14-,21-19-,22-20-/t45-,46+,47?. The lowest BCUT2D eigenvalue weighted by molar-refractivity contribution is -0.148. The molecule has 328 valence electrons. The summed E-state index contributed by atoms with van der Waals surface area (Å²) in [6.07, 6.45) is 47.1. The van der Waals surface area contributed by atoms with Crippen LogP contribution in [0.4, 0.5) is 0 Å². The van der Waals surface area contributed by atoms with Crippen molar-refractivity contribution in [3.8, 4) is 0 Å². The molecule has 0 radical (unpaired) electrons. The van der Waals surface area contributed by atoms with Gasteiger partial charge in [-0.3, -0.25) is 9.59 Å². The number of esters is 1. The molecule has 2 N–H and O–H groups in total. The number of hydrogen-bond acceptors (Lipinski definition) is 5. The Hall–Kier alpha value is -2.67. The van der Waals surface area contributed by atoms with Gasteiger partial charge in [0.1, 0.15) is 6.04 Å². The number of ether oxygens (including phenoxy) is 1. The Balaban J connectivity index is 2.32. The van der Waals surface area contributed by atoms with E-state index in [0.717, 1.165) is 115 Å². The van der Waals surface area contributed by atoms with E-state index in [2.05, 4.69) is 91.8 Å². The summed E-state index contributed by atoms with van der Waals surface area (Å²) in [7, 11) is 0. The molecule has 1 aliphatic rings. The number of unbranched alkanes of at least 4 members (excludes halogenated alkanes) is 18. The molecular weight excluding hydrogens is 707 g/mol. The first kappa shape index (κ1) is 52.3. The number of amides is 2. The Bertz CT molecular complexity index is 1090. The van der Waals surface area contributed by atoms with Crippen molar-refractivity contribution in [2.45, 2.75) is 207 Å². The first-order chi connectivity index (χ1) is 27.9. The van der Waals surface area contributed by atoms with E-state index in [1.54, 1.807) is 0 Å². The molecular formula is C50H89N3O4. The van der Waals surface area contributed by atoms with E-state index in [0.29, 0.717) is 19.4 Å². The third-order valence-electron chi connectivity index (χ3n) is 11.3. The molecule has 1 unspecified atom stereocenters. The fraction of sp³-hybridized carbons (Fsp3) is 0.780. The number of carbonyl (C=O) groups excluding carboxylic acids is 3. The van der Waals surface area contributed by atoms with Crippen LogP contribution in [0.1, 0.15) is 201 Å². The second-order valence-electron chi connectivity index (χ2n) is 16.8. The van der Waals surface area contributed by atoms with E-state index in [4.69, 9.17) is 4.74 Å². The van der Waals surface area contributed by atoms with Gasteiger partial charge in [-0.2, -0.15) is 0 Å². The third-order valence-corrected chi connectivity index (χ3v) is 11.3. The van der Waals surface area contributed by atoms with Crippen molar-refractivity contribution in [2.24, 2.45) is 11.8 Å². The second-order valence-corrected chi connectivity index (χ2v) is 16.8. The van der Waals surface area contributed by atoms with Crippen LogP contribution >= 0.6 is 0 Å². The van der Waals surface area contributed by atoms with Crippen LogP contribution in [0.25, 0.3) is 0 Å². The molecule has 0 saturated carbocycles. The molecule has 1 rings (SSSR count). The van der Waals surface area contributed by atoms with Crippen molar-refractivity contribution < 1.29 is 19.1 Å². The predicted molar refractivity (Wildman–Crippen MR) is 243 cm³/mol. The lowest BCUT2D eigenvalue weighted by Gasteiger charge is -2.19. The quantitative estimate of drug-likeness (QED) is 0.0369. The molecule has 7 heteroatoms. The number of rotatable bonds is 38. The molecule has 7 nitrogen and oxygen atoms in total. The number of nitrogens with zero attached hydrogens (tertiary/aromatic N) is 1. The highest BCUT2D eigenvalue weighted by Crippen LogP contribution is 2.22. The molecule has 1 aliphatic heterocycles. The maximum atomic E-state index is 13.1. The molecule has 0 aromatic heterocycles. The number of carbonyl (C=O) groups is 3. The first-order valence-electron chi connectivity index (χ1n) is 23.9. The summed E-state index contributed by atoms with van der Waals surface area (Å²) >= 11 is 0. The van der Waals surface area contributed by atoms with Crippen LogP contribution in [-0.2, 0) is 19.1 Å². The third kappa shape index (κ3) is 32.9. The average molecular weight is 796 g/mol. The summed E-state index contributed by atoms with van der Waals surface area (Å²) in [4.78, 5) is 41.2. The van der Waals surface area contributed by atoms with Gasteiger partial charge < -0.3 is 20.3 Å². The van der Waals surface area contributed by atoms with E-state index < -0.39 is 12.0 Å². The van der Waals surface area contributed by atoms with Crippen molar-refractivity contribution in [1.29, 1.82) is 0 Å². The highest BCUT2D eigenvalue weighted by Gasteiger charge is 2.25. The Morgan fingerprint density at radius 1 is 0.561 bits per heavy atom. The van der Waals surface area contributed by atoms with Crippen LogP contribution in [0, 0.1) is 11.8 Å². The molecule has 0 spiro atoms. The highest BCUT2D eigenvalue weighted by atomic mass is 16.5. The Labute approximate surface area is 351 Å². The summed E-state index contributed by atoms with van der Waals surface area (Å²) in [5.74, 6) is 0.776. The van der Waals surface area contributed by atoms with Gasteiger partial charge in [0.15, 0.2) is 0 Å². The summed E-state index contributed by atoms with van der Waals surface area (Å²) in [6.45, 7) is 12.8. The Morgan fingerprint density at radius 3 is 1.53 bits per heavy atom. The molecule has 57 heavy (non-hydrogen) atoms. The molecule has 2 amide bonds. The van der Waals surface area contributed by atoms with Crippen LogP contribution in [-0.4, -0.2) is 61.5 Å². The number of likely N-dealkylation sites (tertiary alicyclic amines) is 1. The Kier molecular flexibility index (Phi) is 35.7. The second kappa shape index (κ2) is 38.8. The molecule has 1 fully saturated rings. The molecule has 0 aromatic rings. The average Bonchev–Trinajstić information content (AvgIpc) is 3.53. The lowest BCUT2D eigenvalue weighted by Crippen LogP contribution is -2.49. The molecule has 0 aliphatic carbocycles. The zero-order valence-electron chi connectivity index (χ0n) is 37.6. The van der Waals surface area contributed by atoms with Gasteiger partial charge in [-0.1, -0.05) is 147 Å². The van der Waals surface area contributed by atoms with Crippen LogP contribution in [0.5, 0.6) is 0 Å². The van der Waals surface area contributed by atoms with E-state index in [9.17, 15) is 14.4 Å². The van der Waals surface area contributed by atoms with Gasteiger partial charge in [0.05, 0.1) is 6.61 Å². The number of hydrogen-bond donors (Lipinski definition) is 2. The number of allylic oxidation sites excluding steroid dienone is 8. The molecule has 0 bridgehead atoms. The summed E-state index contributed by atoms with van der Waals surface area (Å²) < 4.78 is 5.63. The zero-order chi connectivity index (χ0) is 41.4. The molecule has 3 atom stereocenters. The van der Waals surface area contributed by atoms with Crippen molar-refractivity contribution in [3.05, 3.63) is 48.6 Å². The number of nitrogens with one attached hydrogen (secondary N) is 2. The lowest BCUT2D eigenvalue weighted by atomic mass is 10.0. The fourth-order valence-electron chi connectivity index (χ4n) is 7.28. The van der Waals surface area contributed by atoms with Crippen LogP contribution in [0.3, 0.4) is 0 Å². The summed E-state index contributed by atoms with van der Waals surface area (Å²) in [6, 6.07) is -0.864. The highest BCUT2D eigenvalue weighted by molar-refractivity contribution is 5.85. The Morgan fingerprint density at radius 2 is 1.00 bits per heavy atom. The zero-order valence-corrected chi connectivity index (χ0v) is 37.6. The molecule has 0 aromatic carbocycles. The molecule has 1 saturated heterocycles. The SMILES string of the molecule is CCCCC/C=C\C/C=C\CCCCCCCCOC(=O)C(CNC(=O)CCCCN1C[C@@H](C)[C@@H](C)C1)NC(=O)CCCCCCC/C=C\C/C=C\CCCCC. The predicted octanol–water partition coefficient (Wildman–Crippen LogP) is 12.5. The van der Waals surface area contributed by atoms with Gasteiger partial charge in [-0.05, 0) is 108 Å². The van der Waals surface area contributed by atoms with Crippen LogP contribution in [0.2, 0.25) is 0 Å². The molecule has 1 heterocycles. The summed E-state index contributed by atoms with van der Waals surface area (Å²) in [5.41, 5.74) is 0. The van der Waals surface area contributed by atoms with Crippen LogP contribution in [0.15, 0.2) is 48.6 Å². The maximum Gasteiger partial charge on any atom is 0.330 e. The van der Waals surface area contributed by atoms with Gasteiger partial charge in [0.2, 0.25) is 11.8 Å². The topological polar surface area (TPSA) is 87.7 Å². The van der Waals surface area contributed by atoms with Gasteiger partial charge >= 0.3 is 5.97 Å². The normalized spacial score (nSPS) is 16.8. The van der Waals surface area contributed by atoms with E-state index in [1.165, 1.54) is 77.0 Å². The minimum Gasteiger partial charge on any atom is -0.464 e. The maximum absolute atomic E-state index is 13.1. The van der Waals surface area contributed by atoms with E-state index in [-0.39, 0.29) is 18.4 Å². The van der Waals surface area contributed by atoms with Crippen molar-refractivity contribution >= 4 is 17.8 Å². The largest absolute Gasteiger partial charge is 0.464 e. The van der Waals surface area contributed by atoms with Crippen molar-refractivity contribution in [3.63, 3.8) is 0 Å². The van der Waals surface area contributed by atoms with E-state index in [1.807, 2.05) is 0 Å². The van der Waals surface area contributed by atoms with Gasteiger partial charge in [0, 0.05) is 32.5 Å². The van der Waals surface area contributed by atoms with Crippen molar-refractivity contribution in [1.82, 2.24) is 15.5 Å². The van der Waals surface area contributed by atoms with Crippen LogP contribution < -0.4 is 10.6 Å². The van der Waals surface area contributed by atoms with Gasteiger partial charge in [-0.25, -0.2) is 4.79 Å². The minimum absolute atomic E-state index is 0.0659. The van der Waals surface area contributed by atoms with Gasteiger partial charge in [-0.15, -0.1) is 0 Å². The monoisotopic (exact) mass is 796 g/mol. The minimum atomic E-state index is -0.864. The van der Waals surface area contributed by atoms with E-state index >= 15 is 0 Å². The summed E-state index contributed by atoms with van der Waals surface area (Å²) in [5, 5.41) is 5.79. The smallest absolute Gasteiger partial charge is 0.330 e. The van der Waals surface area contributed by atoms with Gasteiger partial charge in [0.25, 0.3) is 0 Å². The first-order valence-corrected chi connectivity index (χ1v) is 23.9. The fourth-order valence-corrected chi connectivity index (χ4v) is 7.28. The van der Waals surface area contributed by atoms with Crippen molar-refractivity contribution in [2.75, 3.05) is 32.8 Å².